The summed E-state index contributed by atoms with van der Waals surface area (Å²) in [5, 5.41) is 15.4. The molecule has 43 heavy (non-hydrogen) atoms. The number of ether oxygens (including phenoxy) is 2. The number of aliphatic imine (C=N–C) groups is 1. The Bertz CT molecular complexity index is 1440. The molecular formula is C34H45N5O4. The van der Waals surface area contributed by atoms with Gasteiger partial charge in [0.25, 0.3) is 0 Å². The van der Waals surface area contributed by atoms with Gasteiger partial charge in [-0.3, -0.25) is 0 Å². The number of hydrogen-bond acceptors (Lipinski definition) is 7. The van der Waals surface area contributed by atoms with Crippen LogP contribution in [0.2, 0.25) is 0 Å². The summed E-state index contributed by atoms with van der Waals surface area (Å²) in [6.45, 7) is 15.9. The van der Waals surface area contributed by atoms with E-state index in [1.165, 1.54) is 0 Å². The molecule has 3 heterocycles. The lowest BCUT2D eigenvalue weighted by Crippen LogP contribution is -2.41. The number of hydrogen-bond donors (Lipinski definition) is 1. The molecule has 1 aliphatic heterocycles. The van der Waals surface area contributed by atoms with Gasteiger partial charge in [-0.1, -0.05) is 57.2 Å². The normalized spacial score (nSPS) is 16.7. The van der Waals surface area contributed by atoms with Crippen LogP contribution in [0.4, 0.5) is 5.82 Å². The number of carboxylic acid groups (broad SMARTS) is 1. The highest BCUT2D eigenvalue weighted by Gasteiger charge is 2.35. The van der Waals surface area contributed by atoms with Crippen LogP contribution < -0.4 is 4.74 Å². The second kappa shape index (κ2) is 13.5. The fourth-order valence-electron chi connectivity index (χ4n) is 5.13. The Morgan fingerprint density at radius 2 is 1.79 bits per heavy atom. The van der Waals surface area contributed by atoms with Gasteiger partial charge in [0.05, 0.1) is 11.3 Å². The third-order valence-electron chi connectivity index (χ3n) is 7.46. The summed E-state index contributed by atoms with van der Waals surface area (Å²) in [5.74, 6) is 0.752. The molecule has 230 valence electrons. The zero-order chi connectivity index (χ0) is 31.2. The molecule has 1 saturated heterocycles. The Kier molecular flexibility index (Phi) is 10.1. The topological polar surface area (TPSA) is 102 Å². The van der Waals surface area contributed by atoms with E-state index >= 15 is 0 Å². The third-order valence-corrected chi connectivity index (χ3v) is 7.46. The number of carboxylic acids is 1. The summed E-state index contributed by atoms with van der Waals surface area (Å²) < 4.78 is 13.9. The van der Waals surface area contributed by atoms with Gasteiger partial charge in [0, 0.05) is 37.0 Å². The summed E-state index contributed by atoms with van der Waals surface area (Å²) in [5.41, 5.74) is 2.48. The molecule has 1 unspecified atom stereocenters. The van der Waals surface area contributed by atoms with Gasteiger partial charge in [-0.15, -0.1) is 0 Å². The van der Waals surface area contributed by atoms with Gasteiger partial charge in [-0.2, -0.15) is 9.78 Å². The molecule has 1 fully saturated rings. The lowest BCUT2D eigenvalue weighted by atomic mass is 9.82. The standard InChI is InChI=1S/C34H45N5O4/c1-8-25(30(32(40)41)43-33(3,4)5)31(38-20-18-34(6,7)19-21-38)39-28(35-9-2)22-27(37-39)26-16-13-17-29(36-26)42-23-24-14-11-10-12-15-24/h9-17,22,30H,8,18-21,23H2,1-7H3,(H,40,41)/b31-25+,35-9+. The molecule has 9 nitrogen and oxygen atoms in total. The number of aromatic nitrogens is 3. The quantitative estimate of drug-likeness (QED) is 0.236. The minimum atomic E-state index is -1.14. The van der Waals surface area contributed by atoms with Crippen molar-refractivity contribution >= 4 is 23.8 Å². The molecular weight excluding hydrogens is 542 g/mol. The lowest BCUT2D eigenvalue weighted by Gasteiger charge is -2.40. The van der Waals surface area contributed by atoms with Crippen molar-refractivity contribution in [3.05, 3.63) is 65.7 Å². The largest absolute Gasteiger partial charge is 0.479 e. The van der Waals surface area contributed by atoms with Gasteiger partial charge in [0.1, 0.15) is 18.1 Å². The summed E-state index contributed by atoms with van der Waals surface area (Å²) >= 11 is 0. The van der Waals surface area contributed by atoms with Crippen molar-refractivity contribution in [3.8, 4) is 17.3 Å². The number of aliphatic carboxylic acids is 1. The van der Waals surface area contributed by atoms with Gasteiger partial charge in [-0.25, -0.2) is 14.8 Å². The second-order valence-corrected chi connectivity index (χ2v) is 12.6. The van der Waals surface area contributed by atoms with E-state index in [0.717, 1.165) is 31.5 Å². The van der Waals surface area contributed by atoms with E-state index < -0.39 is 17.7 Å². The molecule has 4 rings (SSSR count). The first-order chi connectivity index (χ1) is 20.4. The SMILES string of the molecule is C/C=N/c1cc(-c2cccc(OCc3ccccc3)n2)nn1/C(=C(\CC)C(OC(C)(C)C)C(=O)O)N1CCC(C)(C)CC1. The van der Waals surface area contributed by atoms with Crippen LogP contribution in [0.25, 0.3) is 17.2 Å². The first-order valence-corrected chi connectivity index (χ1v) is 15.0. The van der Waals surface area contributed by atoms with Crippen LogP contribution in [-0.2, 0) is 16.1 Å². The molecule has 1 N–H and O–H groups in total. The number of pyridine rings is 1. The molecule has 1 atom stereocenters. The van der Waals surface area contributed by atoms with Crippen molar-refractivity contribution in [2.24, 2.45) is 10.4 Å². The fourth-order valence-corrected chi connectivity index (χ4v) is 5.13. The van der Waals surface area contributed by atoms with E-state index in [-0.39, 0.29) is 5.41 Å². The van der Waals surface area contributed by atoms with Gasteiger partial charge in [-0.05, 0) is 64.0 Å². The van der Waals surface area contributed by atoms with Gasteiger partial charge >= 0.3 is 5.97 Å². The average Bonchev–Trinajstić information content (AvgIpc) is 3.38. The van der Waals surface area contributed by atoms with Crippen LogP contribution in [0, 0.1) is 5.41 Å². The van der Waals surface area contributed by atoms with E-state index in [4.69, 9.17) is 19.6 Å². The first-order valence-electron chi connectivity index (χ1n) is 15.0. The molecule has 0 saturated carbocycles. The predicted molar refractivity (Wildman–Crippen MR) is 170 cm³/mol. The molecule has 1 aliphatic rings. The molecule has 0 bridgehead atoms. The van der Waals surface area contributed by atoms with E-state index in [2.05, 4.69) is 23.7 Å². The van der Waals surface area contributed by atoms with Crippen LogP contribution in [0.3, 0.4) is 0 Å². The highest BCUT2D eigenvalue weighted by molar-refractivity contribution is 5.79. The van der Waals surface area contributed by atoms with Crippen LogP contribution >= 0.6 is 0 Å². The molecule has 2 aromatic heterocycles. The Morgan fingerprint density at radius 1 is 1.09 bits per heavy atom. The van der Waals surface area contributed by atoms with E-state index in [1.807, 2.05) is 89.2 Å². The molecule has 0 aliphatic carbocycles. The zero-order valence-corrected chi connectivity index (χ0v) is 26.5. The monoisotopic (exact) mass is 587 g/mol. The molecule has 0 spiro atoms. The van der Waals surface area contributed by atoms with Gasteiger partial charge < -0.3 is 19.5 Å². The summed E-state index contributed by atoms with van der Waals surface area (Å²) in [7, 11) is 0. The van der Waals surface area contributed by atoms with Crippen molar-refractivity contribution in [3.63, 3.8) is 0 Å². The number of piperidine rings is 1. The highest BCUT2D eigenvalue weighted by atomic mass is 16.5. The number of carbonyl (C=O) groups is 1. The van der Waals surface area contributed by atoms with Crippen molar-refractivity contribution in [1.29, 1.82) is 0 Å². The zero-order valence-electron chi connectivity index (χ0n) is 26.5. The highest BCUT2D eigenvalue weighted by Crippen LogP contribution is 2.37. The average molecular weight is 588 g/mol. The number of nitrogens with zero attached hydrogens (tertiary/aromatic N) is 5. The van der Waals surface area contributed by atoms with Crippen LogP contribution in [-0.4, -0.2) is 61.7 Å². The minimum absolute atomic E-state index is 0.200. The molecule has 9 heteroatoms. The van der Waals surface area contributed by atoms with Crippen LogP contribution in [0.15, 0.2) is 65.2 Å². The third kappa shape index (κ3) is 8.32. The number of benzene rings is 1. The van der Waals surface area contributed by atoms with Crippen molar-refractivity contribution in [2.75, 3.05) is 13.1 Å². The van der Waals surface area contributed by atoms with Crippen molar-refractivity contribution in [1.82, 2.24) is 19.7 Å². The Balaban J connectivity index is 1.81. The van der Waals surface area contributed by atoms with E-state index in [9.17, 15) is 9.90 Å². The maximum absolute atomic E-state index is 12.7. The first kappa shape index (κ1) is 31.9. The van der Waals surface area contributed by atoms with Crippen LogP contribution in [0.1, 0.15) is 73.3 Å². The summed E-state index contributed by atoms with van der Waals surface area (Å²) in [6.07, 6.45) is 2.97. The minimum Gasteiger partial charge on any atom is -0.479 e. The van der Waals surface area contributed by atoms with Gasteiger partial charge in [0.2, 0.25) is 5.88 Å². The summed E-state index contributed by atoms with van der Waals surface area (Å²) in [4.78, 5) is 24.3. The van der Waals surface area contributed by atoms with E-state index in [0.29, 0.717) is 47.5 Å². The maximum Gasteiger partial charge on any atom is 0.337 e. The van der Waals surface area contributed by atoms with Crippen molar-refractivity contribution in [2.45, 2.75) is 86.0 Å². The number of likely N-dealkylation sites (tertiary alicyclic amines) is 1. The molecule has 1 aromatic carbocycles. The Hall–Kier alpha value is -3.98. The van der Waals surface area contributed by atoms with E-state index in [1.54, 1.807) is 10.9 Å². The fraction of sp³-hybridized carbons (Fsp3) is 0.471. The lowest BCUT2D eigenvalue weighted by molar-refractivity contribution is -0.155. The number of rotatable bonds is 11. The van der Waals surface area contributed by atoms with Crippen LogP contribution in [0.5, 0.6) is 5.88 Å². The van der Waals surface area contributed by atoms with Crippen molar-refractivity contribution < 1.29 is 19.4 Å². The molecule has 3 aromatic rings. The molecule has 0 radical (unpaired) electrons. The smallest absolute Gasteiger partial charge is 0.337 e. The maximum atomic E-state index is 12.7. The predicted octanol–water partition coefficient (Wildman–Crippen LogP) is 7.22. The van der Waals surface area contributed by atoms with Gasteiger partial charge in [0.15, 0.2) is 11.9 Å². The molecule has 0 amide bonds. The second-order valence-electron chi connectivity index (χ2n) is 12.6. The Labute approximate surface area is 255 Å². The Morgan fingerprint density at radius 3 is 2.40 bits per heavy atom. The summed E-state index contributed by atoms with van der Waals surface area (Å²) in [6, 6.07) is 17.4.